The van der Waals surface area contributed by atoms with E-state index in [-0.39, 0.29) is 24.0 Å². The van der Waals surface area contributed by atoms with E-state index in [0.717, 1.165) is 22.9 Å². The van der Waals surface area contributed by atoms with Crippen LogP contribution in [0.25, 0.3) is 10.9 Å². The normalized spacial score (nSPS) is 12.8. The van der Waals surface area contributed by atoms with Crippen molar-refractivity contribution in [1.29, 1.82) is 0 Å². The number of para-hydroxylation sites is 1. The van der Waals surface area contributed by atoms with Gasteiger partial charge in [0.2, 0.25) is 0 Å². The van der Waals surface area contributed by atoms with Crippen LogP contribution in [-0.4, -0.2) is 17.0 Å². The summed E-state index contributed by atoms with van der Waals surface area (Å²) in [6, 6.07) is 10.4. The number of aromatic nitrogens is 1. The van der Waals surface area contributed by atoms with E-state index in [0.29, 0.717) is 18.5 Å². The summed E-state index contributed by atoms with van der Waals surface area (Å²) in [6.45, 7) is 4.77. The van der Waals surface area contributed by atoms with E-state index in [1.54, 1.807) is 0 Å². The first kappa shape index (κ1) is 16.7. The van der Waals surface area contributed by atoms with E-state index in [4.69, 9.17) is 5.73 Å². The lowest BCUT2D eigenvalue weighted by Gasteiger charge is -2.11. The molecule has 1 aromatic carbocycles. The predicted molar refractivity (Wildman–Crippen MR) is 95.4 cm³/mol. The summed E-state index contributed by atoms with van der Waals surface area (Å²) in [7, 11) is 0. The highest BCUT2D eigenvalue weighted by Crippen LogP contribution is 2.16. The zero-order valence-electron chi connectivity index (χ0n) is 11.8. The molecule has 1 heterocycles. The number of nitrogens with two attached hydrogens (primary N) is 1. The molecule has 0 spiro atoms. The predicted octanol–water partition coefficient (Wildman–Crippen LogP) is 3.06. The van der Waals surface area contributed by atoms with E-state index in [2.05, 4.69) is 35.2 Å². The molecule has 4 nitrogen and oxygen atoms in total. The van der Waals surface area contributed by atoms with Gasteiger partial charge in [-0.2, -0.15) is 0 Å². The molecule has 20 heavy (non-hydrogen) atoms. The fourth-order valence-corrected chi connectivity index (χ4v) is 1.86. The maximum Gasteiger partial charge on any atom is 0.189 e. The fraction of sp³-hybridized carbons (Fsp3) is 0.333. The number of pyridine rings is 1. The fourth-order valence-electron chi connectivity index (χ4n) is 1.86. The first-order chi connectivity index (χ1) is 9.20. The summed E-state index contributed by atoms with van der Waals surface area (Å²) in [4.78, 5) is 8.72. The Balaban J connectivity index is 0.00000200. The van der Waals surface area contributed by atoms with Crippen LogP contribution in [-0.2, 0) is 6.54 Å². The Bertz CT molecular complexity index is 578. The molecular weight excluding hydrogens is 363 g/mol. The third-order valence-electron chi connectivity index (χ3n) is 3.17. The highest BCUT2D eigenvalue weighted by Gasteiger charge is 2.02. The second-order valence-corrected chi connectivity index (χ2v) is 4.64. The minimum Gasteiger partial charge on any atom is -0.370 e. The molecule has 5 heteroatoms. The van der Waals surface area contributed by atoms with Crippen LogP contribution in [0.4, 0.5) is 0 Å². The SMILES string of the molecule is CCC(C)NC(N)=NCc1ccnc2ccccc12.I. The summed E-state index contributed by atoms with van der Waals surface area (Å²) >= 11 is 0. The Hall–Kier alpha value is -1.37. The molecular formula is C15H21IN4. The minimum absolute atomic E-state index is 0. The number of aliphatic imine (C=N–C) groups is 1. The molecule has 0 amide bonds. The number of benzene rings is 1. The molecule has 2 rings (SSSR count). The second-order valence-electron chi connectivity index (χ2n) is 4.64. The zero-order valence-corrected chi connectivity index (χ0v) is 14.2. The van der Waals surface area contributed by atoms with Crippen molar-refractivity contribution >= 4 is 40.8 Å². The van der Waals surface area contributed by atoms with Gasteiger partial charge in [0.25, 0.3) is 0 Å². The average molecular weight is 384 g/mol. The van der Waals surface area contributed by atoms with Gasteiger partial charge in [0.15, 0.2) is 5.96 Å². The van der Waals surface area contributed by atoms with Gasteiger partial charge in [0.1, 0.15) is 0 Å². The van der Waals surface area contributed by atoms with E-state index >= 15 is 0 Å². The second kappa shape index (κ2) is 8.04. The summed E-state index contributed by atoms with van der Waals surface area (Å²) in [6.07, 6.45) is 2.83. The van der Waals surface area contributed by atoms with Crippen LogP contribution < -0.4 is 11.1 Å². The number of hydrogen-bond acceptors (Lipinski definition) is 2. The Kier molecular flexibility index (Phi) is 6.70. The van der Waals surface area contributed by atoms with E-state index in [9.17, 15) is 0 Å². The standard InChI is InChI=1S/C15H20N4.HI/c1-3-11(2)19-15(16)18-10-12-8-9-17-14-7-5-4-6-13(12)14;/h4-9,11H,3,10H2,1-2H3,(H3,16,18,19);1H. The van der Waals surface area contributed by atoms with Gasteiger partial charge in [-0.25, -0.2) is 4.99 Å². The van der Waals surface area contributed by atoms with Crippen molar-refractivity contribution in [2.24, 2.45) is 10.7 Å². The number of hydrogen-bond donors (Lipinski definition) is 2. The van der Waals surface area contributed by atoms with Crippen LogP contribution in [0.1, 0.15) is 25.8 Å². The number of nitrogens with zero attached hydrogens (tertiary/aromatic N) is 2. The largest absolute Gasteiger partial charge is 0.370 e. The lowest BCUT2D eigenvalue weighted by molar-refractivity contribution is 0.636. The van der Waals surface area contributed by atoms with Crippen molar-refractivity contribution in [2.75, 3.05) is 0 Å². The van der Waals surface area contributed by atoms with Crippen LogP contribution in [0.3, 0.4) is 0 Å². The molecule has 0 radical (unpaired) electrons. The molecule has 1 atom stereocenters. The number of nitrogens with one attached hydrogen (secondary N) is 1. The number of fused-ring (bicyclic) bond motifs is 1. The van der Waals surface area contributed by atoms with Crippen molar-refractivity contribution < 1.29 is 0 Å². The molecule has 0 bridgehead atoms. The smallest absolute Gasteiger partial charge is 0.189 e. The van der Waals surface area contributed by atoms with Crippen LogP contribution in [0.15, 0.2) is 41.5 Å². The van der Waals surface area contributed by atoms with Gasteiger partial charge in [-0.15, -0.1) is 24.0 Å². The highest BCUT2D eigenvalue weighted by molar-refractivity contribution is 14.0. The van der Waals surface area contributed by atoms with E-state index < -0.39 is 0 Å². The molecule has 108 valence electrons. The topological polar surface area (TPSA) is 63.3 Å². The van der Waals surface area contributed by atoms with Crippen molar-refractivity contribution in [3.63, 3.8) is 0 Å². The molecule has 0 saturated carbocycles. The van der Waals surface area contributed by atoms with E-state index in [1.807, 2.05) is 30.5 Å². The molecule has 0 aliphatic rings. The maximum atomic E-state index is 5.87. The molecule has 1 unspecified atom stereocenters. The van der Waals surface area contributed by atoms with Crippen LogP contribution >= 0.6 is 24.0 Å². The van der Waals surface area contributed by atoms with Crippen molar-refractivity contribution in [2.45, 2.75) is 32.9 Å². The monoisotopic (exact) mass is 384 g/mol. The quantitative estimate of drug-likeness (QED) is 0.484. The van der Waals surface area contributed by atoms with Crippen molar-refractivity contribution in [3.05, 3.63) is 42.1 Å². The van der Waals surface area contributed by atoms with Crippen LogP contribution in [0.2, 0.25) is 0 Å². The summed E-state index contributed by atoms with van der Waals surface area (Å²) in [5.41, 5.74) is 7.99. The Morgan fingerprint density at radius 2 is 2.10 bits per heavy atom. The zero-order chi connectivity index (χ0) is 13.7. The third kappa shape index (κ3) is 4.33. The lowest BCUT2D eigenvalue weighted by atomic mass is 10.1. The first-order valence-electron chi connectivity index (χ1n) is 6.59. The molecule has 0 saturated heterocycles. The molecule has 0 aliphatic carbocycles. The first-order valence-corrected chi connectivity index (χ1v) is 6.59. The van der Waals surface area contributed by atoms with Gasteiger partial charge in [-0.3, -0.25) is 4.98 Å². The summed E-state index contributed by atoms with van der Waals surface area (Å²) < 4.78 is 0. The molecule has 0 aliphatic heterocycles. The molecule has 3 N–H and O–H groups in total. The minimum atomic E-state index is 0. The van der Waals surface area contributed by atoms with Gasteiger partial charge in [0, 0.05) is 17.6 Å². The van der Waals surface area contributed by atoms with Gasteiger partial charge < -0.3 is 11.1 Å². The average Bonchev–Trinajstić information content (AvgIpc) is 2.44. The molecule has 0 fully saturated rings. The Morgan fingerprint density at radius 1 is 1.35 bits per heavy atom. The maximum absolute atomic E-state index is 5.87. The number of halogens is 1. The van der Waals surface area contributed by atoms with Crippen molar-refractivity contribution in [1.82, 2.24) is 10.3 Å². The highest BCUT2D eigenvalue weighted by atomic mass is 127. The Morgan fingerprint density at radius 3 is 2.85 bits per heavy atom. The number of rotatable bonds is 4. The third-order valence-corrected chi connectivity index (χ3v) is 3.17. The van der Waals surface area contributed by atoms with Crippen LogP contribution in [0.5, 0.6) is 0 Å². The molecule has 2 aromatic rings. The van der Waals surface area contributed by atoms with Gasteiger partial charge in [-0.1, -0.05) is 25.1 Å². The van der Waals surface area contributed by atoms with Crippen LogP contribution in [0, 0.1) is 0 Å². The van der Waals surface area contributed by atoms with Gasteiger partial charge in [0.05, 0.1) is 12.1 Å². The summed E-state index contributed by atoms with van der Waals surface area (Å²) in [5, 5.41) is 4.29. The van der Waals surface area contributed by atoms with Crippen molar-refractivity contribution in [3.8, 4) is 0 Å². The molecule has 1 aromatic heterocycles. The van der Waals surface area contributed by atoms with Gasteiger partial charge >= 0.3 is 0 Å². The number of guanidine groups is 1. The van der Waals surface area contributed by atoms with Gasteiger partial charge in [-0.05, 0) is 31.0 Å². The lowest BCUT2D eigenvalue weighted by Crippen LogP contribution is -2.38. The van der Waals surface area contributed by atoms with E-state index in [1.165, 1.54) is 0 Å². The summed E-state index contributed by atoms with van der Waals surface area (Å²) in [5.74, 6) is 0.496. The Labute approximate surface area is 136 Å².